The minimum Gasteiger partial charge on any atom is -0.495 e. The van der Waals surface area contributed by atoms with Crippen LogP contribution in [0.15, 0.2) is 24.3 Å². The third kappa shape index (κ3) is 11.8. The number of carbonyl (C=O) groups is 1. The minimum absolute atomic E-state index is 0.236. The molecule has 5 nitrogen and oxygen atoms in total. The van der Waals surface area contributed by atoms with Gasteiger partial charge in [0.05, 0.1) is 12.8 Å². The Hall–Kier alpha value is -1.75. The second-order valence-corrected chi connectivity index (χ2v) is 9.49. The van der Waals surface area contributed by atoms with E-state index in [2.05, 4.69) is 34.2 Å². The first-order valence-electron chi connectivity index (χ1n) is 13.6. The number of methoxy groups -OCH3 is 1. The largest absolute Gasteiger partial charge is 0.495 e. The van der Waals surface area contributed by atoms with Gasteiger partial charge < -0.3 is 15.0 Å². The predicted molar refractivity (Wildman–Crippen MR) is 140 cm³/mol. The Labute approximate surface area is 203 Å². The third-order valence-corrected chi connectivity index (χ3v) is 6.78. The Bertz CT molecular complexity index is 629. The number of unbranched alkanes of at least 4 members (excludes halogenated alkanes) is 10. The third-order valence-electron chi connectivity index (χ3n) is 6.78. The lowest BCUT2D eigenvalue weighted by Crippen LogP contribution is -2.46. The van der Waals surface area contributed by atoms with Gasteiger partial charge in [-0.1, -0.05) is 76.8 Å². The number of amides is 1. The smallest absolute Gasteiger partial charge is 0.219 e. The molecule has 1 aromatic rings. The summed E-state index contributed by atoms with van der Waals surface area (Å²) in [4.78, 5) is 17.0. The summed E-state index contributed by atoms with van der Waals surface area (Å²) in [5.74, 6) is 1.19. The van der Waals surface area contributed by atoms with Gasteiger partial charge in [0.15, 0.2) is 0 Å². The SMILES string of the molecule is CCCCCCCCCCCCC(=O)NCCCCN1CCN(c2ccccc2O[11CH3])CC1. The fourth-order valence-electron chi connectivity index (χ4n) is 4.65. The molecule has 1 saturated heterocycles. The summed E-state index contributed by atoms with van der Waals surface area (Å²) >= 11 is 0. The van der Waals surface area contributed by atoms with Crippen molar-refractivity contribution in [1.82, 2.24) is 10.2 Å². The number of anilines is 1. The number of carbonyl (C=O) groups excluding carboxylic acids is 1. The molecule has 1 heterocycles. The molecule has 0 saturated carbocycles. The van der Waals surface area contributed by atoms with Crippen molar-refractivity contribution >= 4 is 11.6 Å². The van der Waals surface area contributed by atoms with E-state index >= 15 is 0 Å². The quantitative estimate of drug-likeness (QED) is 0.273. The molecular weight excluding hydrogens is 409 g/mol. The number of hydrogen-bond acceptors (Lipinski definition) is 4. The number of nitrogens with one attached hydrogen (secondary N) is 1. The van der Waals surface area contributed by atoms with Gasteiger partial charge in [0.1, 0.15) is 5.75 Å². The van der Waals surface area contributed by atoms with Crippen molar-refractivity contribution in [3.63, 3.8) is 0 Å². The first kappa shape index (κ1) is 27.5. The van der Waals surface area contributed by atoms with Crippen LogP contribution in [-0.2, 0) is 4.79 Å². The van der Waals surface area contributed by atoms with E-state index in [4.69, 9.17) is 4.74 Å². The van der Waals surface area contributed by atoms with Crippen LogP contribution in [0.2, 0.25) is 0 Å². The molecule has 1 aromatic carbocycles. The van der Waals surface area contributed by atoms with Crippen molar-refractivity contribution in [3.8, 4) is 5.75 Å². The van der Waals surface area contributed by atoms with E-state index in [1.807, 2.05) is 12.1 Å². The zero-order valence-corrected chi connectivity index (χ0v) is 21.5. The molecule has 1 N–H and O–H groups in total. The molecule has 0 spiro atoms. The number of ether oxygens (including phenoxy) is 1. The van der Waals surface area contributed by atoms with E-state index in [0.717, 1.165) is 64.3 Å². The zero-order chi connectivity index (χ0) is 23.6. The lowest BCUT2D eigenvalue weighted by Gasteiger charge is -2.36. The highest BCUT2D eigenvalue weighted by molar-refractivity contribution is 5.75. The average Bonchev–Trinajstić information content (AvgIpc) is 2.85. The number of nitrogens with zero attached hydrogens (tertiary/aromatic N) is 2. The molecule has 188 valence electrons. The van der Waals surface area contributed by atoms with E-state index in [0.29, 0.717) is 6.42 Å². The number of piperazine rings is 1. The lowest BCUT2D eigenvalue weighted by molar-refractivity contribution is -0.121. The summed E-state index contributed by atoms with van der Waals surface area (Å²) in [7, 11) is 1.74. The summed E-state index contributed by atoms with van der Waals surface area (Å²) in [5, 5.41) is 3.11. The molecule has 1 aliphatic rings. The highest BCUT2D eigenvalue weighted by Crippen LogP contribution is 2.28. The van der Waals surface area contributed by atoms with Crippen molar-refractivity contribution in [2.24, 2.45) is 0 Å². The average molecular weight is 459 g/mol. The second-order valence-electron chi connectivity index (χ2n) is 9.49. The van der Waals surface area contributed by atoms with Gasteiger partial charge in [-0.15, -0.1) is 0 Å². The Morgan fingerprint density at radius 2 is 1.48 bits per heavy atom. The van der Waals surface area contributed by atoms with E-state index in [1.165, 1.54) is 63.5 Å². The van der Waals surface area contributed by atoms with Crippen molar-refractivity contribution in [2.75, 3.05) is 51.3 Å². The Balaban J connectivity index is 1.40. The van der Waals surface area contributed by atoms with Gasteiger partial charge in [0.2, 0.25) is 5.91 Å². The molecule has 0 aromatic heterocycles. The number of para-hydroxylation sites is 2. The van der Waals surface area contributed by atoms with Crippen LogP contribution in [0.4, 0.5) is 5.69 Å². The Kier molecular flexibility index (Phi) is 14.7. The molecule has 1 aliphatic heterocycles. The van der Waals surface area contributed by atoms with Crippen LogP contribution in [0.5, 0.6) is 5.75 Å². The first-order valence-corrected chi connectivity index (χ1v) is 13.6. The summed E-state index contributed by atoms with van der Waals surface area (Å²) < 4.78 is 5.51. The van der Waals surface area contributed by atoms with Crippen LogP contribution in [0, 0.1) is 0 Å². The molecule has 0 bridgehead atoms. The number of benzene rings is 1. The van der Waals surface area contributed by atoms with Gasteiger partial charge in [0, 0.05) is 39.1 Å². The molecule has 0 aliphatic carbocycles. The van der Waals surface area contributed by atoms with Crippen LogP contribution < -0.4 is 15.0 Å². The van der Waals surface area contributed by atoms with Crippen molar-refractivity contribution in [2.45, 2.75) is 90.4 Å². The maximum Gasteiger partial charge on any atom is 0.219 e. The van der Waals surface area contributed by atoms with Crippen LogP contribution in [0.3, 0.4) is 0 Å². The molecule has 0 radical (unpaired) electrons. The summed E-state index contributed by atoms with van der Waals surface area (Å²) in [6, 6.07) is 8.28. The molecule has 1 fully saturated rings. The maximum atomic E-state index is 12.0. The molecule has 5 heteroatoms. The summed E-state index contributed by atoms with van der Waals surface area (Å²) in [6.45, 7) is 8.45. The molecule has 0 unspecified atom stereocenters. The van der Waals surface area contributed by atoms with Gasteiger partial charge in [-0.05, 0) is 37.9 Å². The van der Waals surface area contributed by atoms with Crippen molar-refractivity contribution in [1.29, 1.82) is 0 Å². The standard InChI is InChI=1S/C28H49N3O2/c1-3-4-5-6-7-8-9-10-11-12-19-28(32)29-20-15-16-21-30-22-24-31(25-23-30)26-17-13-14-18-27(26)33-2/h13-14,17-18H,3-12,15-16,19-25H2,1-2H3,(H,29,32)/i2-1. The van der Waals surface area contributed by atoms with E-state index in [9.17, 15) is 4.79 Å². The lowest BCUT2D eigenvalue weighted by atomic mass is 10.1. The van der Waals surface area contributed by atoms with E-state index in [-0.39, 0.29) is 5.91 Å². The molecule has 33 heavy (non-hydrogen) atoms. The van der Waals surface area contributed by atoms with Crippen LogP contribution >= 0.6 is 0 Å². The summed E-state index contributed by atoms with van der Waals surface area (Å²) in [6.07, 6.45) is 16.0. The van der Waals surface area contributed by atoms with Crippen LogP contribution in [0.25, 0.3) is 0 Å². The molecular formula is C28H49N3O2. The van der Waals surface area contributed by atoms with Gasteiger partial charge in [-0.2, -0.15) is 0 Å². The molecule has 1 amide bonds. The summed E-state index contributed by atoms with van der Waals surface area (Å²) in [5.41, 5.74) is 1.20. The molecule has 0 atom stereocenters. The second kappa shape index (κ2) is 17.7. The van der Waals surface area contributed by atoms with Crippen LogP contribution in [-0.4, -0.2) is 57.2 Å². The van der Waals surface area contributed by atoms with Crippen molar-refractivity contribution in [3.05, 3.63) is 24.3 Å². The predicted octanol–water partition coefficient (Wildman–Crippen LogP) is 6.02. The Morgan fingerprint density at radius 1 is 0.848 bits per heavy atom. The van der Waals surface area contributed by atoms with Gasteiger partial charge in [0.25, 0.3) is 0 Å². The van der Waals surface area contributed by atoms with Gasteiger partial charge in [-0.25, -0.2) is 0 Å². The van der Waals surface area contributed by atoms with E-state index in [1.54, 1.807) is 7.11 Å². The highest BCUT2D eigenvalue weighted by atomic mass is 16.4. The highest BCUT2D eigenvalue weighted by Gasteiger charge is 2.19. The number of rotatable bonds is 18. The van der Waals surface area contributed by atoms with Crippen molar-refractivity contribution < 1.29 is 9.53 Å². The monoisotopic (exact) mass is 458 g/mol. The Morgan fingerprint density at radius 3 is 2.15 bits per heavy atom. The van der Waals surface area contributed by atoms with Gasteiger partial charge in [-0.3, -0.25) is 9.69 Å². The first-order chi connectivity index (χ1) is 16.2. The minimum atomic E-state index is 0.236. The maximum absolute atomic E-state index is 12.0. The number of hydrogen-bond donors (Lipinski definition) is 1. The molecule has 2 rings (SSSR count). The van der Waals surface area contributed by atoms with Gasteiger partial charge >= 0.3 is 0 Å². The van der Waals surface area contributed by atoms with Crippen LogP contribution in [0.1, 0.15) is 90.4 Å². The van der Waals surface area contributed by atoms with E-state index < -0.39 is 0 Å². The normalized spacial score (nSPS) is 14.4. The fourth-order valence-corrected chi connectivity index (χ4v) is 4.65. The fraction of sp³-hybridized carbons (Fsp3) is 0.750. The zero-order valence-electron chi connectivity index (χ0n) is 21.5. The topological polar surface area (TPSA) is 44.8 Å².